The molecule has 0 aliphatic rings. The van der Waals surface area contributed by atoms with Crippen molar-refractivity contribution in [1.29, 1.82) is 0 Å². The molecule has 0 aliphatic carbocycles. The molecule has 27 heavy (non-hydrogen) atoms. The van der Waals surface area contributed by atoms with E-state index in [2.05, 4.69) is 20.8 Å². The minimum absolute atomic E-state index is 0.102. The Morgan fingerprint density at radius 2 is 1.81 bits per heavy atom. The largest absolute Gasteiger partial charge is 0.300 e. The second-order valence-corrected chi connectivity index (χ2v) is 7.61. The van der Waals surface area contributed by atoms with E-state index in [4.69, 9.17) is 11.6 Å². The molecule has 0 bridgehead atoms. The number of ketones is 1. The summed E-state index contributed by atoms with van der Waals surface area (Å²) in [4.78, 5) is 21.7. The maximum Gasteiger partial charge on any atom is 0.204 e. The van der Waals surface area contributed by atoms with E-state index in [0.29, 0.717) is 10.7 Å². The lowest BCUT2D eigenvalue weighted by Crippen LogP contribution is -2.41. The second-order valence-electron chi connectivity index (χ2n) is 7.17. The minimum Gasteiger partial charge on any atom is -0.300 e. The summed E-state index contributed by atoms with van der Waals surface area (Å²) in [6, 6.07) is 14.8. The number of fused-ring (bicyclic) bond motifs is 1. The van der Waals surface area contributed by atoms with E-state index in [9.17, 15) is 4.79 Å². The van der Waals surface area contributed by atoms with Crippen LogP contribution in [0, 0.1) is 5.41 Å². The molecule has 0 saturated heterocycles. The second kappa shape index (κ2) is 7.76. The van der Waals surface area contributed by atoms with Gasteiger partial charge in [0.15, 0.2) is 5.84 Å². The fourth-order valence-corrected chi connectivity index (χ4v) is 2.60. The van der Waals surface area contributed by atoms with Gasteiger partial charge >= 0.3 is 0 Å². The van der Waals surface area contributed by atoms with Gasteiger partial charge in [-0.15, -0.1) is 0 Å². The van der Waals surface area contributed by atoms with Gasteiger partial charge in [0.05, 0.1) is 11.4 Å². The van der Waals surface area contributed by atoms with Crippen LogP contribution in [0.2, 0.25) is 5.02 Å². The molecule has 0 atom stereocenters. The van der Waals surface area contributed by atoms with Crippen LogP contribution < -0.4 is 10.9 Å². The summed E-state index contributed by atoms with van der Waals surface area (Å²) < 4.78 is 0. The number of halogens is 1. The molecule has 1 aromatic heterocycles. The van der Waals surface area contributed by atoms with Crippen molar-refractivity contribution in [2.45, 2.75) is 20.8 Å². The van der Waals surface area contributed by atoms with Crippen molar-refractivity contribution in [3.63, 3.8) is 0 Å². The summed E-state index contributed by atoms with van der Waals surface area (Å²) in [5, 5.41) is 2.54. The van der Waals surface area contributed by atoms with Gasteiger partial charge in [-0.1, -0.05) is 44.5 Å². The molecule has 1 heterocycles. The predicted octanol–water partition coefficient (Wildman–Crippen LogP) is 5.15. The first-order chi connectivity index (χ1) is 12.8. The summed E-state index contributed by atoms with van der Waals surface area (Å²) in [5.74, 6) is 0.136. The molecule has 2 aromatic carbocycles. The van der Waals surface area contributed by atoms with Crippen LogP contribution in [-0.4, -0.2) is 16.6 Å². The first-order valence-corrected chi connectivity index (χ1v) is 8.96. The number of rotatable bonds is 4. The number of Topliss-reactive ketones (excluding diaryl/α,β-unsaturated/α-hetero) is 1. The average molecular weight is 381 g/mol. The third kappa shape index (κ3) is 4.63. The monoisotopic (exact) mass is 380 g/mol. The number of amidine groups is 1. The van der Waals surface area contributed by atoms with Crippen molar-refractivity contribution in [1.82, 2.24) is 10.4 Å². The third-order valence-electron chi connectivity index (χ3n) is 3.96. The number of anilines is 1. The first-order valence-electron chi connectivity index (χ1n) is 8.58. The standard InChI is InChI=1S/C21H21ClN4O/c1-21(2,3)19(27)20(26-25-16-9-7-15(22)8-10-16)24-18-6-4-5-14-13-23-12-11-17(14)18/h4-13,25H,1-3H3,(H,24,26). The number of aliphatic imine (C=N–C) groups is 1. The Kier molecular flexibility index (Phi) is 5.42. The number of nitrogens with one attached hydrogen (secondary N) is 2. The Morgan fingerprint density at radius 3 is 2.52 bits per heavy atom. The summed E-state index contributed by atoms with van der Waals surface area (Å²) in [5.41, 5.74) is 6.88. The highest BCUT2D eigenvalue weighted by Gasteiger charge is 2.26. The molecule has 0 unspecified atom stereocenters. The van der Waals surface area contributed by atoms with Gasteiger partial charge in [0.2, 0.25) is 5.78 Å². The minimum atomic E-state index is -0.584. The van der Waals surface area contributed by atoms with Crippen LogP contribution in [0.4, 0.5) is 11.4 Å². The number of carbonyl (C=O) groups is 1. The Bertz CT molecular complexity index is 986. The fraction of sp³-hybridized carbons (Fsp3) is 0.190. The third-order valence-corrected chi connectivity index (χ3v) is 4.21. The Hall–Kier alpha value is -2.92. The number of hydrogen-bond donors (Lipinski definition) is 2. The van der Waals surface area contributed by atoms with Crippen molar-refractivity contribution >= 4 is 45.4 Å². The number of pyridine rings is 1. The maximum atomic E-state index is 12.9. The van der Waals surface area contributed by atoms with Gasteiger partial charge in [-0.2, -0.15) is 0 Å². The van der Waals surface area contributed by atoms with E-state index in [1.54, 1.807) is 24.5 Å². The molecule has 6 heteroatoms. The lowest BCUT2D eigenvalue weighted by Gasteiger charge is -2.20. The van der Waals surface area contributed by atoms with Crippen LogP contribution >= 0.6 is 11.6 Å². The summed E-state index contributed by atoms with van der Waals surface area (Å²) in [6.07, 6.45) is 3.49. The lowest BCUT2D eigenvalue weighted by molar-refractivity contribution is -0.119. The number of benzene rings is 2. The van der Waals surface area contributed by atoms with Crippen LogP contribution in [0.25, 0.3) is 10.8 Å². The summed E-state index contributed by atoms with van der Waals surface area (Å²) in [6.45, 7) is 5.59. The van der Waals surface area contributed by atoms with E-state index >= 15 is 0 Å². The molecule has 0 radical (unpaired) electrons. The molecule has 0 fully saturated rings. The highest BCUT2D eigenvalue weighted by Crippen LogP contribution is 2.26. The molecule has 0 amide bonds. The number of aromatic nitrogens is 1. The smallest absolute Gasteiger partial charge is 0.204 e. The number of nitrogens with zero attached hydrogens (tertiary/aromatic N) is 2. The molecule has 2 N–H and O–H groups in total. The number of carbonyl (C=O) groups excluding carboxylic acids is 1. The zero-order valence-electron chi connectivity index (χ0n) is 15.5. The first kappa shape index (κ1) is 18.9. The summed E-state index contributed by atoms with van der Waals surface area (Å²) >= 11 is 5.92. The van der Waals surface area contributed by atoms with E-state index in [1.807, 2.05) is 57.2 Å². The van der Waals surface area contributed by atoms with Gasteiger partial charge in [-0.3, -0.25) is 20.6 Å². The zero-order valence-corrected chi connectivity index (χ0v) is 16.2. The van der Waals surface area contributed by atoms with Gasteiger partial charge in [-0.25, -0.2) is 4.99 Å². The van der Waals surface area contributed by atoms with Gasteiger partial charge in [0.1, 0.15) is 0 Å². The highest BCUT2D eigenvalue weighted by molar-refractivity contribution is 6.41. The highest BCUT2D eigenvalue weighted by atomic mass is 35.5. The molecule has 3 rings (SSSR count). The Morgan fingerprint density at radius 1 is 1.07 bits per heavy atom. The molecule has 3 aromatic rings. The number of hydrazine groups is 1. The van der Waals surface area contributed by atoms with Crippen LogP contribution in [0.15, 0.2) is 65.9 Å². The lowest BCUT2D eigenvalue weighted by atomic mass is 9.90. The van der Waals surface area contributed by atoms with Crippen LogP contribution in [0.3, 0.4) is 0 Å². The normalized spacial score (nSPS) is 12.1. The van der Waals surface area contributed by atoms with Gasteiger partial charge < -0.3 is 0 Å². The van der Waals surface area contributed by atoms with Gasteiger partial charge in [0.25, 0.3) is 0 Å². The van der Waals surface area contributed by atoms with Crippen LogP contribution in [0.5, 0.6) is 0 Å². The van der Waals surface area contributed by atoms with E-state index < -0.39 is 5.41 Å². The van der Waals surface area contributed by atoms with Crippen molar-refractivity contribution < 1.29 is 4.79 Å². The van der Waals surface area contributed by atoms with Gasteiger partial charge in [0, 0.05) is 33.6 Å². The molecule has 0 spiro atoms. The SMILES string of the molecule is CC(C)(C)C(=O)C(=Nc1cccc2cnccc12)NNc1ccc(Cl)cc1. The topological polar surface area (TPSA) is 66.4 Å². The molecular weight excluding hydrogens is 360 g/mol. The van der Waals surface area contributed by atoms with E-state index in [-0.39, 0.29) is 11.6 Å². The average Bonchev–Trinajstić information content (AvgIpc) is 2.65. The van der Waals surface area contributed by atoms with Crippen LogP contribution in [0.1, 0.15) is 20.8 Å². The van der Waals surface area contributed by atoms with E-state index in [1.165, 1.54) is 0 Å². The Balaban J connectivity index is 1.97. The fourth-order valence-electron chi connectivity index (χ4n) is 2.48. The molecule has 0 aliphatic heterocycles. The molecule has 138 valence electrons. The quantitative estimate of drug-likeness (QED) is 0.373. The zero-order chi connectivity index (χ0) is 19.4. The van der Waals surface area contributed by atoms with Crippen LogP contribution in [-0.2, 0) is 4.79 Å². The van der Waals surface area contributed by atoms with Crippen molar-refractivity contribution in [3.8, 4) is 0 Å². The number of hydrogen-bond acceptors (Lipinski definition) is 4. The van der Waals surface area contributed by atoms with Crippen molar-refractivity contribution in [3.05, 3.63) is 65.9 Å². The molecule has 5 nitrogen and oxygen atoms in total. The van der Waals surface area contributed by atoms with Crippen molar-refractivity contribution in [2.24, 2.45) is 10.4 Å². The van der Waals surface area contributed by atoms with E-state index in [0.717, 1.165) is 16.5 Å². The van der Waals surface area contributed by atoms with Gasteiger partial charge in [-0.05, 0) is 36.4 Å². The van der Waals surface area contributed by atoms with Crippen molar-refractivity contribution in [2.75, 3.05) is 5.43 Å². The molecular formula is C21H21ClN4O. The maximum absolute atomic E-state index is 12.9. The Labute approximate surface area is 163 Å². The molecule has 0 saturated carbocycles. The predicted molar refractivity (Wildman–Crippen MR) is 112 cm³/mol. The summed E-state index contributed by atoms with van der Waals surface area (Å²) in [7, 11) is 0.